The molecule has 0 aromatic carbocycles. The molecule has 0 radical (unpaired) electrons. The number of nitrogens with one attached hydrogen (secondary N) is 1. The van der Waals surface area contributed by atoms with Gasteiger partial charge >= 0.3 is 0 Å². The van der Waals surface area contributed by atoms with Crippen molar-refractivity contribution in [3.63, 3.8) is 0 Å². The van der Waals surface area contributed by atoms with Crippen molar-refractivity contribution in [1.29, 1.82) is 0 Å². The number of thiophene rings is 1. The first-order valence-electron chi connectivity index (χ1n) is 5.77. The van der Waals surface area contributed by atoms with Crippen LogP contribution in [-0.4, -0.2) is 11.3 Å². The van der Waals surface area contributed by atoms with Crippen LogP contribution in [0.25, 0.3) is 0 Å². The highest BCUT2D eigenvalue weighted by molar-refractivity contribution is 7.99. The second-order valence-corrected chi connectivity index (χ2v) is 8.38. The van der Waals surface area contributed by atoms with Gasteiger partial charge in [0.15, 0.2) is 0 Å². The summed E-state index contributed by atoms with van der Waals surface area (Å²) >= 11 is 3.98. The Morgan fingerprint density at radius 3 is 2.44 bits per heavy atom. The average molecular weight is 255 g/mol. The van der Waals surface area contributed by atoms with Crippen LogP contribution in [0.15, 0.2) is 12.1 Å². The molecule has 0 bridgehead atoms. The molecule has 1 aliphatic heterocycles. The van der Waals surface area contributed by atoms with Crippen LogP contribution in [0.4, 0.5) is 0 Å². The minimum absolute atomic E-state index is 0.279. The second-order valence-electron chi connectivity index (χ2n) is 6.17. The van der Waals surface area contributed by atoms with Gasteiger partial charge in [-0.2, -0.15) is 0 Å². The minimum Gasteiger partial charge on any atom is -0.295 e. The van der Waals surface area contributed by atoms with Crippen LogP contribution in [0.3, 0.4) is 0 Å². The van der Waals surface area contributed by atoms with E-state index in [2.05, 4.69) is 52.1 Å². The molecule has 16 heavy (non-hydrogen) atoms. The molecule has 1 aromatic rings. The molecule has 0 amide bonds. The van der Waals surface area contributed by atoms with Gasteiger partial charge in [0, 0.05) is 21.0 Å². The lowest BCUT2D eigenvalue weighted by molar-refractivity contribution is 0.454. The van der Waals surface area contributed by atoms with Crippen molar-refractivity contribution in [1.82, 2.24) is 5.32 Å². The van der Waals surface area contributed by atoms with Gasteiger partial charge in [-0.25, -0.2) is 0 Å². The summed E-state index contributed by atoms with van der Waals surface area (Å²) in [5, 5.41) is 4.18. The Hall–Kier alpha value is 0.01000. The van der Waals surface area contributed by atoms with E-state index in [4.69, 9.17) is 0 Å². The smallest absolute Gasteiger partial charge is 0.0887 e. The summed E-state index contributed by atoms with van der Waals surface area (Å²) in [5.74, 6) is 1.19. The van der Waals surface area contributed by atoms with Gasteiger partial charge in [-0.3, -0.25) is 5.32 Å². The molecule has 1 aliphatic rings. The summed E-state index contributed by atoms with van der Waals surface area (Å²) in [7, 11) is 0. The molecule has 1 nitrogen and oxygen atoms in total. The van der Waals surface area contributed by atoms with Crippen LogP contribution < -0.4 is 5.32 Å². The lowest BCUT2D eigenvalue weighted by Gasteiger charge is -2.18. The molecule has 0 spiro atoms. The Labute approximate surface area is 107 Å². The van der Waals surface area contributed by atoms with Gasteiger partial charge in [0.05, 0.1) is 5.37 Å². The largest absolute Gasteiger partial charge is 0.295 e. The molecule has 3 heteroatoms. The standard InChI is InChI=1S/C13H21NS2/c1-12(2,3)10-7-6-9(16-10)11-14-13(4,5)8-15-11/h6-7,11,14H,8H2,1-5H3. The first-order valence-corrected chi connectivity index (χ1v) is 7.64. The average Bonchev–Trinajstić information content (AvgIpc) is 2.68. The molecular weight excluding hydrogens is 234 g/mol. The number of rotatable bonds is 1. The van der Waals surface area contributed by atoms with E-state index in [-0.39, 0.29) is 11.0 Å². The summed E-state index contributed by atoms with van der Waals surface area (Å²) in [6.07, 6.45) is 0. The van der Waals surface area contributed by atoms with Gasteiger partial charge in [-0.05, 0) is 31.4 Å². The second kappa shape index (κ2) is 4.04. The first kappa shape index (κ1) is 12.5. The fourth-order valence-corrected chi connectivity index (χ4v) is 4.44. The van der Waals surface area contributed by atoms with Crippen molar-refractivity contribution in [2.75, 3.05) is 5.75 Å². The van der Waals surface area contributed by atoms with Crippen LogP contribution in [0.2, 0.25) is 0 Å². The van der Waals surface area contributed by atoms with Gasteiger partial charge in [0.1, 0.15) is 0 Å². The monoisotopic (exact) mass is 255 g/mol. The summed E-state index contributed by atoms with van der Waals surface area (Å²) in [6, 6.07) is 4.57. The third-order valence-corrected chi connectivity index (χ3v) is 6.08. The third kappa shape index (κ3) is 2.63. The molecule has 1 saturated heterocycles. The molecule has 90 valence electrons. The zero-order valence-corrected chi connectivity index (χ0v) is 12.4. The molecule has 0 aliphatic carbocycles. The Balaban J connectivity index is 2.15. The van der Waals surface area contributed by atoms with Gasteiger partial charge in [-0.1, -0.05) is 20.8 Å². The van der Waals surface area contributed by atoms with Crippen LogP contribution in [0.1, 0.15) is 49.7 Å². The first-order chi connectivity index (χ1) is 7.28. The molecule has 1 unspecified atom stereocenters. The van der Waals surface area contributed by atoms with Gasteiger partial charge in [0.25, 0.3) is 0 Å². The quantitative estimate of drug-likeness (QED) is 0.808. The van der Waals surface area contributed by atoms with E-state index >= 15 is 0 Å². The maximum absolute atomic E-state index is 3.68. The summed E-state index contributed by atoms with van der Waals surface area (Å²) in [5.41, 5.74) is 0.558. The zero-order chi connectivity index (χ0) is 12.0. The predicted octanol–water partition coefficient (Wildman–Crippen LogP) is 4.16. The molecule has 1 fully saturated rings. The zero-order valence-electron chi connectivity index (χ0n) is 10.8. The predicted molar refractivity (Wildman–Crippen MR) is 75.4 cm³/mol. The minimum atomic E-state index is 0.279. The van der Waals surface area contributed by atoms with Crippen LogP contribution >= 0.6 is 23.1 Å². The van der Waals surface area contributed by atoms with E-state index in [0.717, 1.165) is 0 Å². The summed E-state index contributed by atoms with van der Waals surface area (Å²) in [6.45, 7) is 11.4. The lowest BCUT2D eigenvalue weighted by atomic mass is 9.95. The molecule has 0 saturated carbocycles. The third-order valence-electron chi connectivity index (χ3n) is 2.76. The molecule has 2 rings (SSSR count). The van der Waals surface area contributed by atoms with E-state index in [1.165, 1.54) is 15.5 Å². The van der Waals surface area contributed by atoms with Gasteiger partial charge < -0.3 is 0 Å². The highest BCUT2D eigenvalue weighted by Gasteiger charge is 2.32. The van der Waals surface area contributed by atoms with E-state index < -0.39 is 0 Å². The van der Waals surface area contributed by atoms with Crippen molar-refractivity contribution < 1.29 is 0 Å². The Morgan fingerprint density at radius 2 is 2.00 bits per heavy atom. The molecule has 1 atom stereocenters. The fourth-order valence-electron chi connectivity index (χ4n) is 1.78. The topological polar surface area (TPSA) is 12.0 Å². The highest BCUT2D eigenvalue weighted by Crippen LogP contribution is 2.41. The summed E-state index contributed by atoms with van der Waals surface area (Å²) in [4.78, 5) is 2.95. The number of thioether (sulfide) groups is 1. The maximum Gasteiger partial charge on any atom is 0.0887 e. The SMILES string of the molecule is CC1(C)CSC(c2ccc(C(C)(C)C)s2)N1. The number of hydrogen-bond acceptors (Lipinski definition) is 3. The highest BCUT2D eigenvalue weighted by atomic mass is 32.2. The normalized spacial score (nSPS) is 24.9. The van der Waals surface area contributed by atoms with Crippen molar-refractivity contribution in [3.05, 3.63) is 21.9 Å². The van der Waals surface area contributed by atoms with E-state index in [9.17, 15) is 0 Å². The Morgan fingerprint density at radius 1 is 1.31 bits per heavy atom. The van der Waals surface area contributed by atoms with Crippen molar-refractivity contribution in [2.45, 2.75) is 50.9 Å². The fraction of sp³-hybridized carbons (Fsp3) is 0.692. The van der Waals surface area contributed by atoms with Gasteiger partial charge in [-0.15, -0.1) is 23.1 Å². The molecule has 1 N–H and O–H groups in total. The van der Waals surface area contributed by atoms with Crippen molar-refractivity contribution in [3.8, 4) is 0 Å². The number of hydrogen-bond donors (Lipinski definition) is 1. The van der Waals surface area contributed by atoms with E-state index in [0.29, 0.717) is 5.37 Å². The Kier molecular flexibility index (Phi) is 3.15. The molecular formula is C13H21NS2. The summed E-state index contributed by atoms with van der Waals surface area (Å²) < 4.78 is 0. The maximum atomic E-state index is 3.68. The van der Waals surface area contributed by atoms with E-state index in [1.54, 1.807) is 0 Å². The van der Waals surface area contributed by atoms with Crippen molar-refractivity contribution >= 4 is 23.1 Å². The van der Waals surface area contributed by atoms with E-state index in [1.807, 2.05) is 23.1 Å². The molecule has 1 aromatic heterocycles. The van der Waals surface area contributed by atoms with Gasteiger partial charge in [0.2, 0.25) is 0 Å². The lowest BCUT2D eigenvalue weighted by Crippen LogP contribution is -2.35. The Bertz CT molecular complexity index is 374. The van der Waals surface area contributed by atoms with Crippen LogP contribution in [-0.2, 0) is 5.41 Å². The van der Waals surface area contributed by atoms with Crippen LogP contribution in [0.5, 0.6) is 0 Å². The molecule has 2 heterocycles. The van der Waals surface area contributed by atoms with Crippen LogP contribution in [0, 0.1) is 0 Å². The van der Waals surface area contributed by atoms with Crippen molar-refractivity contribution in [2.24, 2.45) is 0 Å².